The van der Waals surface area contributed by atoms with Gasteiger partial charge in [0.25, 0.3) is 0 Å². The van der Waals surface area contributed by atoms with Crippen molar-refractivity contribution in [1.29, 1.82) is 0 Å². The van der Waals surface area contributed by atoms with Crippen molar-refractivity contribution in [3.05, 3.63) is 17.5 Å². The minimum absolute atomic E-state index is 0.00870. The number of carbonyl (C=O) groups is 4. The lowest BCUT2D eigenvalue weighted by Gasteiger charge is -2.39. The number of phosphoric acid groups is 1. The molecule has 208 valence electrons. The van der Waals surface area contributed by atoms with E-state index in [-0.39, 0.29) is 41.7 Å². The highest BCUT2D eigenvalue weighted by atomic mass is 32.2. The minimum atomic E-state index is -4.22. The van der Waals surface area contributed by atoms with Crippen LogP contribution in [-0.2, 0) is 42.7 Å². The van der Waals surface area contributed by atoms with E-state index in [2.05, 4.69) is 20.8 Å². The summed E-state index contributed by atoms with van der Waals surface area (Å²) in [5, 5.41) is 11.8. The third-order valence-electron chi connectivity index (χ3n) is 5.12. The van der Waals surface area contributed by atoms with Crippen molar-refractivity contribution in [2.45, 2.75) is 59.5 Å². The molecule has 2 amide bonds. The summed E-state index contributed by atoms with van der Waals surface area (Å²) in [5.74, 6) is -1.21. The van der Waals surface area contributed by atoms with Crippen molar-refractivity contribution in [3.8, 4) is 0 Å². The molecule has 0 radical (unpaired) electrons. The SMILES string of the molecule is CC(=O)SCCNC(=O)CCNC(=O)[C@@H]1OP(=O)(OCOC(=O)c2cc(C(C)(C)C)n[nH]2)OCC1(C)C. The number of rotatable bonds is 11. The molecule has 2 heterocycles. The summed E-state index contributed by atoms with van der Waals surface area (Å²) in [5.41, 5.74) is -0.379. The second-order valence-electron chi connectivity index (χ2n) is 10.0. The van der Waals surface area contributed by atoms with Crippen molar-refractivity contribution in [1.82, 2.24) is 20.8 Å². The summed E-state index contributed by atoms with van der Waals surface area (Å²) in [4.78, 5) is 47.7. The number of aromatic amines is 1. The Bertz CT molecular complexity index is 1040. The highest BCUT2D eigenvalue weighted by Gasteiger charge is 2.49. The largest absolute Gasteiger partial charge is 0.478 e. The second-order valence-corrected chi connectivity index (χ2v) is 12.9. The number of hydrogen-bond donors (Lipinski definition) is 3. The van der Waals surface area contributed by atoms with Crippen LogP contribution in [-0.4, -0.2) is 71.4 Å². The minimum Gasteiger partial charge on any atom is -0.433 e. The fourth-order valence-corrected chi connectivity index (χ4v) is 4.99. The van der Waals surface area contributed by atoms with Gasteiger partial charge in [0.15, 0.2) is 11.2 Å². The van der Waals surface area contributed by atoms with Crippen LogP contribution in [0, 0.1) is 5.41 Å². The van der Waals surface area contributed by atoms with E-state index in [1.54, 1.807) is 19.9 Å². The molecule has 0 saturated carbocycles. The zero-order chi connectivity index (χ0) is 27.9. The van der Waals surface area contributed by atoms with E-state index in [4.69, 9.17) is 18.3 Å². The zero-order valence-corrected chi connectivity index (χ0v) is 23.6. The average molecular weight is 563 g/mol. The van der Waals surface area contributed by atoms with Crippen LogP contribution >= 0.6 is 19.6 Å². The Morgan fingerprint density at radius 1 is 1.24 bits per heavy atom. The normalized spacial score (nSPS) is 21.2. The van der Waals surface area contributed by atoms with Gasteiger partial charge in [0.05, 0.1) is 12.3 Å². The first-order chi connectivity index (χ1) is 17.1. The number of aromatic nitrogens is 2. The molecule has 0 aromatic carbocycles. The average Bonchev–Trinajstić information content (AvgIpc) is 3.30. The van der Waals surface area contributed by atoms with Crippen LogP contribution in [0.3, 0.4) is 0 Å². The Balaban J connectivity index is 1.82. The van der Waals surface area contributed by atoms with Crippen LogP contribution in [0.15, 0.2) is 6.07 Å². The Kier molecular flexibility index (Phi) is 10.9. The number of carbonyl (C=O) groups excluding carboxylic acids is 4. The maximum atomic E-state index is 12.9. The molecule has 1 aliphatic rings. The lowest BCUT2D eigenvalue weighted by atomic mass is 9.87. The summed E-state index contributed by atoms with van der Waals surface area (Å²) in [6, 6.07) is 1.55. The van der Waals surface area contributed by atoms with Gasteiger partial charge in [0, 0.05) is 43.0 Å². The van der Waals surface area contributed by atoms with Crippen LogP contribution in [0.5, 0.6) is 0 Å². The van der Waals surface area contributed by atoms with Crippen LogP contribution in [0.1, 0.15) is 64.1 Å². The third-order valence-corrected chi connectivity index (χ3v) is 7.28. The van der Waals surface area contributed by atoms with E-state index >= 15 is 0 Å². The van der Waals surface area contributed by atoms with Gasteiger partial charge >= 0.3 is 13.8 Å². The van der Waals surface area contributed by atoms with E-state index in [1.165, 1.54) is 6.92 Å². The van der Waals surface area contributed by atoms with Gasteiger partial charge < -0.3 is 15.4 Å². The lowest BCUT2D eigenvalue weighted by molar-refractivity contribution is -0.143. The Morgan fingerprint density at radius 3 is 2.57 bits per heavy atom. The number of esters is 1. The molecular formula is C22H35N4O9PS. The van der Waals surface area contributed by atoms with E-state index in [0.29, 0.717) is 18.0 Å². The molecule has 1 aromatic rings. The number of H-pyrrole nitrogens is 1. The molecule has 37 heavy (non-hydrogen) atoms. The molecule has 0 spiro atoms. The molecule has 15 heteroatoms. The fraction of sp³-hybridized carbons (Fsp3) is 0.682. The lowest BCUT2D eigenvalue weighted by Crippen LogP contribution is -2.50. The van der Waals surface area contributed by atoms with E-state index in [9.17, 15) is 23.7 Å². The van der Waals surface area contributed by atoms with Gasteiger partial charge in [0.2, 0.25) is 18.6 Å². The summed E-state index contributed by atoms with van der Waals surface area (Å²) in [7, 11) is -4.22. The van der Waals surface area contributed by atoms with Gasteiger partial charge in [-0.1, -0.05) is 46.4 Å². The molecule has 13 nitrogen and oxygen atoms in total. The quantitative estimate of drug-likeness (QED) is 0.156. The molecule has 3 N–H and O–H groups in total. The van der Waals surface area contributed by atoms with Gasteiger partial charge in [-0.25, -0.2) is 13.9 Å². The first kappa shape index (κ1) is 31.0. The van der Waals surface area contributed by atoms with Crippen LogP contribution < -0.4 is 10.6 Å². The Morgan fingerprint density at radius 2 is 1.95 bits per heavy atom. The summed E-state index contributed by atoms with van der Waals surface area (Å²) >= 11 is 1.11. The zero-order valence-electron chi connectivity index (χ0n) is 21.9. The molecule has 2 atom stereocenters. The van der Waals surface area contributed by atoms with Gasteiger partial charge in [-0.15, -0.1) is 0 Å². The van der Waals surface area contributed by atoms with Gasteiger partial charge in [-0.05, 0) is 6.07 Å². The van der Waals surface area contributed by atoms with E-state index in [1.807, 2.05) is 20.8 Å². The Hall–Kier alpha value is -2.25. The number of amides is 2. The van der Waals surface area contributed by atoms with E-state index in [0.717, 1.165) is 11.8 Å². The standard InChI is InChI=1S/C22H35N4O9PS/c1-14(27)37-10-9-23-17(28)7-8-24-19(29)18-22(5,6)12-33-36(31,35-18)34-13-32-20(30)15-11-16(26-25-15)21(2,3)4/h11,18H,7-10,12-13H2,1-6H3,(H,23,28)(H,24,29)(H,25,26)/t18-,36?/m0/s1. The number of nitrogens with zero attached hydrogens (tertiary/aromatic N) is 1. The van der Waals surface area contributed by atoms with Crippen LogP contribution in [0.4, 0.5) is 0 Å². The predicted molar refractivity (Wildman–Crippen MR) is 135 cm³/mol. The third kappa shape index (κ3) is 9.86. The molecular weight excluding hydrogens is 527 g/mol. The highest BCUT2D eigenvalue weighted by Crippen LogP contribution is 2.57. The van der Waals surface area contributed by atoms with Crippen molar-refractivity contribution in [3.63, 3.8) is 0 Å². The molecule has 0 bridgehead atoms. The number of phosphoric ester groups is 1. The predicted octanol–water partition coefficient (Wildman–Crippen LogP) is 2.29. The summed E-state index contributed by atoms with van der Waals surface area (Å²) in [6.07, 6.45) is -1.20. The highest BCUT2D eigenvalue weighted by molar-refractivity contribution is 8.13. The van der Waals surface area contributed by atoms with Gasteiger partial charge in [-0.3, -0.25) is 28.5 Å². The Labute approximate surface area is 220 Å². The molecule has 0 aliphatic carbocycles. The number of nitrogens with one attached hydrogen (secondary N) is 3. The topological polar surface area (TPSA) is 175 Å². The summed E-state index contributed by atoms with van der Waals surface area (Å²) < 4.78 is 33.6. The molecule has 1 fully saturated rings. The maximum Gasteiger partial charge on any atom is 0.478 e. The number of hydrogen-bond acceptors (Lipinski definition) is 11. The van der Waals surface area contributed by atoms with Crippen LogP contribution in [0.2, 0.25) is 0 Å². The van der Waals surface area contributed by atoms with E-state index < -0.39 is 38.0 Å². The molecule has 1 unspecified atom stereocenters. The fourth-order valence-electron chi connectivity index (χ4n) is 2.99. The van der Waals surface area contributed by atoms with Crippen molar-refractivity contribution in [2.24, 2.45) is 5.41 Å². The molecule has 2 rings (SSSR count). The first-order valence-corrected chi connectivity index (χ1v) is 14.1. The maximum absolute atomic E-state index is 12.9. The first-order valence-electron chi connectivity index (χ1n) is 11.6. The molecule has 1 saturated heterocycles. The van der Waals surface area contributed by atoms with Crippen LogP contribution in [0.25, 0.3) is 0 Å². The van der Waals surface area contributed by atoms with Crippen molar-refractivity contribution in [2.75, 3.05) is 32.2 Å². The molecule has 1 aromatic heterocycles. The number of ether oxygens (including phenoxy) is 1. The smallest absolute Gasteiger partial charge is 0.433 e. The van der Waals surface area contributed by atoms with Gasteiger partial charge in [0.1, 0.15) is 5.69 Å². The van der Waals surface area contributed by atoms with Crippen molar-refractivity contribution < 1.29 is 42.1 Å². The molecule has 1 aliphatic heterocycles. The monoisotopic (exact) mass is 562 g/mol. The van der Waals surface area contributed by atoms with Gasteiger partial charge in [-0.2, -0.15) is 5.10 Å². The summed E-state index contributed by atoms with van der Waals surface area (Å²) in [6.45, 7) is 10.1. The second kappa shape index (κ2) is 13.0. The number of thioether (sulfide) groups is 1. The van der Waals surface area contributed by atoms with Crippen molar-refractivity contribution >= 4 is 42.5 Å².